The second-order valence-corrected chi connectivity index (χ2v) is 6.89. The SMILES string of the molecule is COc1ccc(CN(c2nc(C)c(C)c(N)n2)C2CCCCC2)cc1. The first-order valence-electron chi connectivity index (χ1n) is 9.08. The van der Waals surface area contributed by atoms with Crippen molar-refractivity contribution in [2.75, 3.05) is 17.7 Å². The summed E-state index contributed by atoms with van der Waals surface area (Å²) in [5, 5.41) is 0. The molecule has 134 valence electrons. The monoisotopic (exact) mass is 340 g/mol. The van der Waals surface area contributed by atoms with Gasteiger partial charge in [-0.05, 0) is 44.4 Å². The molecule has 0 spiro atoms. The van der Waals surface area contributed by atoms with Crippen LogP contribution < -0.4 is 15.4 Å². The zero-order valence-corrected chi connectivity index (χ0v) is 15.5. The maximum atomic E-state index is 6.13. The van der Waals surface area contributed by atoms with E-state index in [1.165, 1.54) is 37.7 Å². The summed E-state index contributed by atoms with van der Waals surface area (Å²) in [6.45, 7) is 4.77. The Labute approximate surface area is 150 Å². The van der Waals surface area contributed by atoms with Gasteiger partial charge in [0.2, 0.25) is 5.95 Å². The number of nitrogen functional groups attached to an aromatic ring is 1. The van der Waals surface area contributed by atoms with E-state index in [-0.39, 0.29) is 0 Å². The molecule has 0 radical (unpaired) electrons. The van der Waals surface area contributed by atoms with E-state index in [0.29, 0.717) is 11.9 Å². The highest BCUT2D eigenvalue weighted by Crippen LogP contribution is 2.28. The Morgan fingerprint density at radius 2 is 1.76 bits per heavy atom. The number of hydrogen-bond acceptors (Lipinski definition) is 5. The van der Waals surface area contributed by atoms with Gasteiger partial charge in [0.1, 0.15) is 11.6 Å². The van der Waals surface area contributed by atoms with Gasteiger partial charge in [0.05, 0.1) is 7.11 Å². The molecule has 2 aromatic rings. The van der Waals surface area contributed by atoms with Gasteiger partial charge in [-0.1, -0.05) is 31.4 Å². The summed E-state index contributed by atoms with van der Waals surface area (Å²) in [4.78, 5) is 11.7. The number of aromatic nitrogens is 2. The molecule has 2 N–H and O–H groups in total. The van der Waals surface area contributed by atoms with Crippen molar-refractivity contribution < 1.29 is 4.74 Å². The quantitative estimate of drug-likeness (QED) is 0.890. The molecular formula is C20H28N4O. The topological polar surface area (TPSA) is 64.3 Å². The molecule has 0 unspecified atom stereocenters. The van der Waals surface area contributed by atoms with Gasteiger partial charge in [-0.15, -0.1) is 0 Å². The number of rotatable bonds is 5. The number of ether oxygens (including phenoxy) is 1. The molecule has 0 bridgehead atoms. The highest BCUT2D eigenvalue weighted by Gasteiger charge is 2.24. The van der Waals surface area contributed by atoms with E-state index in [2.05, 4.69) is 22.0 Å². The third-order valence-electron chi connectivity index (χ3n) is 5.20. The standard InChI is InChI=1S/C20H28N4O/c1-14-15(2)22-20(23-19(14)21)24(17-7-5-4-6-8-17)13-16-9-11-18(25-3)12-10-16/h9-12,17H,4-8,13H2,1-3H3,(H2,21,22,23). The Morgan fingerprint density at radius 3 is 2.36 bits per heavy atom. The molecular weight excluding hydrogens is 312 g/mol. The molecule has 5 heteroatoms. The van der Waals surface area contributed by atoms with Crippen LogP contribution in [0.2, 0.25) is 0 Å². The molecule has 0 atom stereocenters. The van der Waals surface area contributed by atoms with Gasteiger partial charge < -0.3 is 15.4 Å². The van der Waals surface area contributed by atoms with E-state index >= 15 is 0 Å². The summed E-state index contributed by atoms with van der Waals surface area (Å²) < 4.78 is 5.26. The van der Waals surface area contributed by atoms with Crippen molar-refractivity contribution in [2.45, 2.75) is 58.5 Å². The number of nitrogens with two attached hydrogens (primary N) is 1. The fourth-order valence-electron chi connectivity index (χ4n) is 3.45. The fourth-order valence-corrected chi connectivity index (χ4v) is 3.45. The van der Waals surface area contributed by atoms with Gasteiger partial charge in [-0.25, -0.2) is 4.98 Å². The molecule has 5 nitrogen and oxygen atoms in total. The Hall–Kier alpha value is -2.30. The molecule has 1 aromatic carbocycles. The van der Waals surface area contributed by atoms with E-state index in [1.807, 2.05) is 26.0 Å². The zero-order valence-electron chi connectivity index (χ0n) is 15.5. The molecule has 1 fully saturated rings. The summed E-state index contributed by atoms with van der Waals surface area (Å²) in [5.41, 5.74) is 9.28. The number of benzene rings is 1. The minimum atomic E-state index is 0.470. The molecule has 0 aliphatic heterocycles. The maximum Gasteiger partial charge on any atom is 0.228 e. The number of anilines is 2. The van der Waals surface area contributed by atoms with Crippen LogP contribution in [-0.4, -0.2) is 23.1 Å². The van der Waals surface area contributed by atoms with Crippen molar-refractivity contribution in [1.29, 1.82) is 0 Å². The lowest BCUT2D eigenvalue weighted by Crippen LogP contribution is -2.38. The normalized spacial score (nSPS) is 15.2. The average molecular weight is 340 g/mol. The third kappa shape index (κ3) is 4.03. The first-order valence-corrected chi connectivity index (χ1v) is 9.08. The third-order valence-corrected chi connectivity index (χ3v) is 5.20. The van der Waals surface area contributed by atoms with Crippen LogP contribution in [-0.2, 0) is 6.54 Å². The first-order chi connectivity index (χ1) is 12.1. The van der Waals surface area contributed by atoms with Crippen molar-refractivity contribution in [3.63, 3.8) is 0 Å². The van der Waals surface area contributed by atoms with Crippen LogP contribution in [0.1, 0.15) is 48.9 Å². The predicted molar refractivity (Wildman–Crippen MR) is 102 cm³/mol. The van der Waals surface area contributed by atoms with Crippen LogP contribution in [0.3, 0.4) is 0 Å². The Kier molecular flexibility index (Phi) is 5.41. The van der Waals surface area contributed by atoms with E-state index in [1.54, 1.807) is 7.11 Å². The van der Waals surface area contributed by atoms with Crippen molar-refractivity contribution in [1.82, 2.24) is 9.97 Å². The van der Waals surface area contributed by atoms with Crippen LogP contribution >= 0.6 is 0 Å². The minimum Gasteiger partial charge on any atom is -0.497 e. The molecule has 1 aromatic heterocycles. The van der Waals surface area contributed by atoms with Crippen LogP contribution in [0.4, 0.5) is 11.8 Å². The van der Waals surface area contributed by atoms with Crippen molar-refractivity contribution in [3.8, 4) is 5.75 Å². The summed E-state index contributed by atoms with van der Waals surface area (Å²) in [5.74, 6) is 2.21. The number of methoxy groups -OCH3 is 1. The van der Waals surface area contributed by atoms with Gasteiger partial charge >= 0.3 is 0 Å². The second kappa shape index (κ2) is 7.72. The summed E-state index contributed by atoms with van der Waals surface area (Å²) in [7, 11) is 1.69. The Morgan fingerprint density at radius 1 is 1.08 bits per heavy atom. The molecule has 3 rings (SSSR count). The lowest BCUT2D eigenvalue weighted by molar-refractivity contribution is 0.407. The van der Waals surface area contributed by atoms with Gasteiger partial charge in [-0.3, -0.25) is 0 Å². The van der Waals surface area contributed by atoms with E-state index in [4.69, 9.17) is 15.5 Å². The fraction of sp³-hybridized carbons (Fsp3) is 0.500. The highest BCUT2D eigenvalue weighted by molar-refractivity contribution is 5.48. The average Bonchev–Trinajstić information content (AvgIpc) is 2.65. The number of aryl methyl sites for hydroxylation is 1. The first kappa shape index (κ1) is 17.5. The largest absolute Gasteiger partial charge is 0.497 e. The molecule has 25 heavy (non-hydrogen) atoms. The summed E-state index contributed by atoms with van der Waals surface area (Å²) in [6, 6.07) is 8.70. The van der Waals surface area contributed by atoms with Gasteiger partial charge in [0.15, 0.2) is 0 Å². The zero-order chi connectivity index (χ0) is 17.8. The number of hydrogen-bond donors (Lipinski definition) is 1. The molecule has 1 heterocycles. The molecule has 0 saturated heterocycles. The summed E-state index contributed by atoms with van der Waals surface area (Å²) in [6.07, 6.45) is 6.23. The van der Waals surface area contributed by atoms with Crippen molar-refractivity contribution in [2.24, 2.45) is 0 Å². The van der Waals surface area contributed by atoms with E-state index < -0.39 is 0 Å². The maximum absolute atomic E-state index is 6.13. The molecule has 1 saturated carbocycles. The van der Waals surface area contributed by atoms with Gasteiger partial charge in [0, 0.05) is 23.8 Å². The van der Waals surface area contributed by atoms with Crippen LogP contribution in [0, 0.1) is 13.8 Å². The van der Waals surface area contributed by atoms with Crippen LogP contribution in [0.5, 0.6) is 5.75 Å². The molecule has 1 aliphatic rings. The van der Waals surface area contributed by atoms with Gasteiger partial charge in [-0.2, -0.15) is 4.98 Å². The predicted octanol–water partition coefficient (Wildman–Crippen LogP) is 4.02. The van der Waals surface area contributed by atoms with Crippen LogP contribution in [0.25, 0.3) is 0 Å². The lowest BCUT2D eigenvalue weighted by atomic mass is 9.94. The van der Waals surface area contributed by atoms with E-state index in [9.17, 15) is 0 Å². The second-order valence-electron chi connectivity index (χ2n) is 6.89. The lowest BCUT2D eigenvalue weighted by Gasteiger charge is -2.35. The smallest absolute Gasteiger partial charge is 0.228 e. The Bertz CT molecular complexity index is 685. The van der Waals surface area contributed by atoms with E-state index in [0.717, 1.165) is 29.5 Å². The van der Waals surface area contributed by atoms with Gasteiger partial charge in [0.25, 0.3) is 0 Å². The number of nitrogens with zero attached hydrogens (tertiary/aromatic N) is 3. The summed E-state index contributed by atoms with van der Waals surface area (Å²) >= 11 is 0. The Balaban J connectivity index is 1.91. The highest BCUT2D eigenvalue weighted by atomic mass is 16.5. The van der Waals surface area contributed by atoms with Crippen molar-refractivity contribution in [3.05, 3.63) is 41.1 Å². The molecule has 0 amide bonds. The van der Waals surface area contributed by atoms with Crippen LogP contribution in [0.15, 0.2) is 24.3 Å². The molecule has 1 aliphatic carbocycles. The minimum absolute atomic E-state index is 0.470. The van der Waals surface area contributed by atoms with Crippen molar-refractivity contribution >= 4 is 11.8 Å².